The molecule has 0 aliphatic heterocycles. The number of carbonyl (C=O) groups is 1. The molecule has 0 saturated heterocycles. The van der Waals surface area contributed by atoms with Crippen LogP contribution in [0.25, 0.3) is 0 Å². The van der Waals surface area contributed by atoms with E-state index in [4.69, 9.17) is 4.42 Å². The van der Waals surface area contributed by atoms with E-state index in [1.807, 2.05) is 30.9 Å². The third-order valence-electron chi connectivity index (χ3n) is 3.37. The van der Waals surface area contributed by atoms with Gasteiger partial charge in [0.15, 0.2) is 0 Å². The van der Waals surface area contributed by atoms with E-state index >= 15 is 0 Å². The summed E-state index contributed by atoms with van der Waals surface area (Å²) in [6, 6.07) is 4.17. The van der Waals surface area contributed by atoms with Gasteiger partial charge in [0.05, 0.1) is 12.8 Å². The summed E-state index contributed by atoms with van der Waals surface area (Å²) in [7, 11) is 0. The van der Waals surface area contributed by atoms with Crippen molar-refractivity contribution in [3.8, 4) is 0 Å². The quantitative estimate of drug-likeness (QED) is 0.763. The monoisotopic (exact) mass is 247 g/mol. The number of hydrogen-bond donors (Lipinski definition) is 0. The van der Waals surface area contributed by atoms with E-state index in [0.717, 1.165) is 24.2 Å². The van der Waals surface area contributed by atoms with Crippen LogP contribution < -0.4 is 0 Å². The van der Waals surface area contributed by atoms with Gasteiger partial charge in [0, 0.05) is 12.1 Å². The molecule has 0 unspecified atom stereocenters. The molecule has 1 amide bonds. The summed E-state index contributed by atoms with van der Waals surface area (Å²) < 4.78 is 5.36. The van der Waals surface area contributed by atoms with Crippen molar-refractivity contribution in [2.24, 2.45) is 0 Å². The fraction of sp³-hybridized carbons (Fsp3) is 0.533. The molecule has 3 nitrogen and oxygen atoms in total. The highest BCUT2D eigenvalue weighted by Crippen LogP contribution is 2.25. The van der Waals surface area contributed by atoms with Gasteiger partial charge in [-0.1, -0.05) is 18.4 Å². The fourth-order valence-electron chi connectivity index (χ4n) is 2.50. The van der Waals surface area contributed by atoms with E-state index in [1.54, 1.807) is 12.3 Å². The molecule has 0 radical (unpaired) electrons. The molecule has 0 N–H and O–H groups in total. The Morgan fingerprint density at radius 1 is 1.44 bits per heavy atom. The molecule has 2 rings (SSSR count). The van der Waals surface area contributed by atoms with Gasteiger partial charge >= 0.3 is 0 Å². The van der Waals surface area contributed by atoms with Gasteiger partial charge in [-0.05, 0) is 38.8 Å². The minimum absolute atomic E-state index is 0.110. The summed E-state index contributed by atoms with van der Waals surface area (Å²) in [6.07, 6.45) is 8.06. The zero-order valence-corrected chi connectivity index (χ0v) is 11.2. The van der Waals surface area contributed by atoms with E-state index in [0.29, 0.717) is 12.6 Å². The molecule has 1 aliphatic rings. The molecule has 0 aromatic carbocycles. The Bertz CT molecular complexity index is 410. The molecular formula is C15H21NO2. The lowest BCUT2D eigenvalue weighted by atomic mass is 10.2. The minimum Gasteiger partial charge on any atom is -0.467 e. The number of carbonyl (C=O) groups excluding carboxylic acids is 1. The Balaban J connectivity index is 2.11. The lowest BCUT2D eigenvalue weighted by molar-refractivity contribution is -0.129. The minimum atomic E-state index is 0.110. The summed E-state index contributed by atoms with van der Waals surface area (Å²) in [5.74, 6) is 0.968. The molecule has 0 spiro atoms. The van der Waals surface area contributed by atoms with Gasteiger partial charge in [-0.15, -0.1) is 0 Å². The van der Waals surface area contributed by atoms with Gasteiger partial charge in [-0.2, -0.15) is 0 Å². The van der Waals surface area contributed by atoms with Crippen LogP contribution in [0.3, 0.4) is 0 Å². The van der Waals surface area contributed by atoms with Crippen molar-refractivity contribution in [1.82, 2.24) is 4.90 Å². The summed E-state index contributed by atoms with van der Waals surface area (Å²) >= 11 is 0. The highest BCUT2D eigenvalue weighted by molar-refractivity contribution is 5.88. The summed E-state index contributed by atoms with van der Waals surface area (Å²) in [4.78, 5) is 14.2. The maximum Gasteiger partial charge on any atom is 0.247 e. The van der Waals surface area contributed by atoms with Crippen LogP contribution in [-0.2, 0) is 11.3 Å². The molecular weight excluding hydrogens is 226 g/mol. The number of allylic oxidation sites excluding steroid dienone is 1. The molecule has 1 heterocycles. The Kier molecular flexibility index (Phi) is 4.24. The molecule has 0 atom stereocenters. The van der Waals surface area contributed by atoms with E-state index < -0.39 is 0 Å². The number of furan rings is 1. The number of nitrogens with zero attached hydrogens (tertiary/aromatic N) is 1. The van der Waals surface area contributed by atoms with E-state index in [1.165, 1.54) is 12.8 Å². The van der Waals surface area contributed by atoms with Crippen molar-refractivity contribution < 1.29 is 9.21 Å². The van der Waals surface area contributed by atoms with E-state index in [9.17, 15) is 4.79 Å². The standard InChI is InChI=1S/C15H21NO2/c1-12(2)10-15(17)16(13-6-3-4-7-13)11-14-8-5-9-18-14/h5,8-10,13H,3-4,6-7,11H2,1-2H3. The predicted octanol–water partition coefficient (Wildman–Crippen LogP) is 3.52. The van der Waals surface area contributed by atoms with Crippen molar-refractivity contribution in [3.05, 3.63) is 35.8 Å². The first-order valence-electron chi connectivity index (χ1n) is 6.64. The van der Waals surface area contributed by atoms with Crippen LogP contribution >= 0.6 is 0 Å². The third-order valence-corrected chi connectivity index (χ3v) is 3.37. The van der Waals surface area contributed by atoms with Crippen molar-refractivity contribution >= 4 is 5.91 Å². The second kappa shape index (κ2) is 5.89. The Morgan fingerprint density at radius 3 is 2.72 bits per heavy atom. The summed E-state index contributed by atoms with van der Waals surface area (Å²) in [5, 5.41) is 0. The van der Waals surface area contributed by atoms with Gasteiger partial charge in [0.25, 0.3) is 0 Å². The van der Waals surface area contributed by atoms with Crippen LogP contribution in [0.4, 0.5) is 0 Å². The maximum atomic E-state index is 12.3. The highest BCUT2D eigenvalue weighted by Gasteiger charge is 2.26. The number of amides is 1. The normalized spacial score (nSPS) is 15.7. The predicted molar refractivity (Wildman–Crippen MR) is 70.9 cm³/mol. The van der Waals surface area contributed by atoms with Gasteiger partial charge in [0.2, 0.25) is 5.91 Å². The molecule has 1 saturated carbocycles. The van der Waals surface area contributed by atoms with Crippen LogP contribution in [0.15, 0.2) is 34.5 Å². The molecule has 1 fully saturated rings. The summed E-state index contributed by atoms with van der Waals surface area (Å²) in [6.45, 7) is 4.50. The Hall–Kier alpha value is -1.51. The second-order valence-electron chi connectivity index (χ2n) is 5.21. The smallest absolute Gasteiger partial charge is 0.247 e. The molecule has 1 aliphatic carbocycles. The first-order chi connectivity index (χ1) is 8.66. The average molecular weight is 247 g/mol. The van der Waals surface area contributed by atoms with E-state index in [-0.39, 0.29) is 5.91 Å². The zero-order chi connectivity index (χ0) is 13.0. The molecule has 18 heavy (non-hydrogen) atoms. The zero-order valence-electron chi connectivity index (χ0n) is 11.2. The molecule has 3 heteroatoms. The first-order valence-corrected chi connectivity index (χ1v) is 6.64. The maximum absolute atomic E-state index is 12.3. The SMILES string of the molecule is CC(C)=CC(=O)N(Cc1ccco1)C1CCCC1. The molecule has 98 valence electrons. The Labute approximate surface area is 108 Å². The third kappa shape index (κ3) is 3.25. The van der Waals surface area contributed by atoms with Crippen LogP contribution in [0.5, 0.6) is 0 Å². The topological polar surface area (TPSA) is 33.5 Å². The highest BCUT2D eigenvalue weighted by atomic mass is 16.3. The Morgan fingerprint density at radius 2 is 2.17 bits per heavy atom. The van der Waals surface area contributed by atoms with Gasteiger partial charge < -0.3 is 9.32 Å². The van der Waals surface area contributed by atoms with Crippen LogP contribution in [-0.4, -0.2) is 16.8 Å². The van der Waals surface area contributed by atoms with Crippen LogP contribution in [0.2, 0.25) is 0 Å². The van der Waals surface area contributed by atoms with Gasteiger partial charge in [-0.3, -0.25) is 4.79 Å². The molecule has 0 bridgehead atoms. The summed E-state index contributed by atoms with van der Waals surface area (Å²) in [5.41, 5.74) is 1.04. The average Bonchev–Trinajstić information content (AvgIpc) is 2.98. The lowest BCUT2D eigenvalue weighted by Gasteiger charge is -2.27. The van der Waals surface area contributed by atoms with Crippen LogP contribution in [0.1, 0.15) is 45.3 Å². The largest absolute Gasteiger partial charge is 0.467 e. The van der Waals surface area contributed by atoms with Crippen molar-refractivity contribution in [2.45, 2.75) is 52.1 Å². The first kappa shape index (κ1) is 12.9. The van der Waals surface area contributed by atoms with Crippen molar-refractivity contribution in [1.29, 1.82) is 0 Å². The van der Waals surface area contributed by atoms with E-state index in [2.05, 4.69) is 0 Å². The van der Waals surface area contributed by atoms with Gasteiger partial charge in [-0.25, -0.2) is 0 Å². The molecule has 1 aromatic rings. The number of hydrogen-bond acceptors (Lipinski definition) is 2. The number of rotatable bonds is 4. The van der Waals surface area contributed by atoms with Gasteiger partial charge in [0.1, 0.15) is 5.76 Å². The van der Waals surface area contributed by atoms with Crippen molar-refractivity contribution in [2.75, 3.05) is 0 Å². The fourth-order valence-corrected chi connectivity index (χ4v) is 2.50. The van der Waals surface area contributed by atoms with Crippen molar-refractivity contribution in [3.63, 3.8) is 0 Å². The van der Waals surface area contributed by atoms with Crippen LogP contribution in [0, 0.1) is 0 Å². The second-order valence-corrected chi connectivity index (χ2v) is 5.21. The molecule has 1 aromatic heterocycles. The lowest BCUT2D eigenvalue weighted by Crippen LogP contribution is -2.37.